The summed E-state index contributed by atoms with van der Waals surface area (Å²) in [4.78, 5) is 6.47. The Labute approximate surface area is 95.4 Å². The summed E-state index contributed by atoms with van der Waals surface area (Å²) in [6.07, 6.45) is 4.68. The van der Waals surface area contributed by atoms with Gasteiger partial charge in [-0.15, -0.1) is 0 Å². The van der Waals surface area contributed by atoms with Gasteiger partial charge in [-0.05, 0) is 25.8 Å². The van der Waals surface area contributed by atoms with E-state index in [-0.39, 0.29) is 0 Å². The van der Waals surface area contributed by atoms with Crippen molar-refractivity contribution in [3.8, 4) is 0 Å². The van der Waals surface area contributed by atoms with Gasteiger partial charge in [0.05, 0.1) is 0 Å². The molecule has 0 saturated carbocycles. The van der Waals surface area contributed by atoms with Gasteiger partial charge in [0.2, 0.25) is 0 Å². The Morgan fingerprint density at radius 2 is 1.87 bits per heavy atom. The molecular formula is C13H26N2. The van der Waals surface area contributed by atoms with Crippen LogP contribution in [-0.4, -0.2) is 24.7 Å². The zero-order valence-electron chi connectivity index (χ0n) is 11.2. The van der Waals surface area contributed by atoms with Gasteiger partial charge in [0.25, 0.3) is 0 Å². The molecule has 0 N–H and O–H groups in total. The van der Waals surface area contributed by atoms with Gasteiger partial charge in [-0.25, -0.2) is 4.99 Å². The Morgan fingerprint density at radius 1 is 1.33 bits per heavy atom. The molecule has 0 aliphatic heterocycles. The standard InChI is InChI=1S/C11H20N2.C2H6/c1-6-10(7-2)11(12-8-3)13(5)9-4;1-2/h6,8H,1,7,9H2,2-5H3;1-2H3/b11-10-,12-8-;. The molecule has 0 rings (SSSR count). The highest BCUT2D eigenvalue weighted by Gasteiger charge is 2.04. The van der Waals surface area contributed by atoms with Crippen LogP contribution >= 0.6 is 0 Å². The molecule has 0 saturated heterocycles. The van der Waals surface area contributed by atoms with E-state index in [4.69, 9.17) is 0 Å². The molecule has 2 nitrogen and oxygen atoms in total. The van der Waals surface area contributed by atoms with Crippen molar-refractivity contribution in [2.45, 2.75) is 41.0 Å². The molecule has 2 heteroatoms. The van der Waals surface area contributed by atoms with Crippen molar-refractivity contribution >= 4 is 6.21 Å². The highest BCUT2D eigenvalue weighted by Crippen LogP contribution is 2.13. The van der Waals surface area contributed by atoms with Gasteiger partial charge in [0, 0.05) is 19.8 Å². The lowest BCUT2D eigenvalue weighted by Gasteiger charge is -2.19. The number of aliphatic imine (C=N–C) groups is 1. The topological polar surface area (TPSA) is 15.6 Å². The summed E-state index contributed by atoms with van der Waals surface area (Å²) >= 11 is 0. The van der Waals surface area contributed by atoms with Gasteiger partial charge in [0.15, 0.2) is 0 Å². The van der Waals surface area contributed by atoms with Gasteiger partial charge in [-0.2, -0.15) is 0 Å². The Hall–Kier alpha value is -1.05. The first-order chi connectivity index (χ1) is 7.21. The molecule has 0 aromatic heterocycles. The van der Waals surface area contributed by atoms with Gasteiger partial charge in [-0.1, -0.05) is 33.4 Å². The third-order valence-electron chi connectivity index (χ3n) is 2.00. The van der Waals surface area contributed by atoms with Crippen molar-refractivity contribution < 1.29 is 0 Å². The Bertz CT molecular complexity index is 215. The second-order valence-electron chi connectivity index (χ2n) is 2.81. The average Bonchev–Trinajstić information content (AvgIpc) is 2.31. The largest absolute Gasteiger partial charge is 0.360 e. The van der Waals surface area contributed by atoms with Crippen LogP contribution in [0.4, 0.5) is 0 Å². The second-order valence-corrected chi connectivity index (χ2v) is 2.81. The molecule has 0 unspecified atom stereocenters. The van der Waals surface area contributed by atoms with Crippen LogP contribution in [0.1, 0.15) is 41.0 Å². The van der Waals surface area contributed by atoms with Crippen LogP contribution < -0.4 is 0 Å². The predicted octanol–water partition coefficient (Wildman–Crippen LogP) is 3.86. The van der Waals surface area contributed by atoms with Crippen LogP contribution in [0.2, 0.25) is 0 Å². The van der Waals surface area contributed by atoms with E-state index >= 15 is 0 Å². The molecule has 0 bridgehead atoms. The molecule has 0 heterocycles. The van der Waals surface area contributed by atoms with Crippen molar-refractivity contribution in [3.63, 3.8) is 0 Å². The van der Waals surface area contributed by atoms with E-state index < -0.39 is 0 Å². The lowest BCUT2D eigenvalue weighted by molar-refractivity contribution is 0.433. The van der Waals surface area contributed by atoms with Crippen LogP contribution in [0.5, 0.6) is 0 Å². The summed E-state index contributed by atoms with van der Waals surface area (Å²) in [6.45, 7) is 14.9. The molecule has 0 aromatic rings. The normalized spacial score (nSPS) is 11.6. The van der Waals surface area contributed by atoms with Crippen molar-refractivity contribution in [3.05, 3.63) is 24.0 Å². The van der Waals surface area contributed by atoms with Crippen molar-refractivity contribution in [2.75, 3.05) is 13.6 Å². The van der Waals surface area contributed by atoms with Crippen LogP contribution in [-0.2, 0) is 0 Å². The highest BCUT2D eigenvalue weighted by atomic mass is 15.2. The summed E-state index contributed by atoms with van der Waals surface area (Å²) < 4.78 is 0. The predicted molar refractivity (Wildman–Crippen MR) is 71.3 cm³/mol. The third-order valence-corrected chi connectivity index (χ3v) is 2.00. The van der Waals surface area contributed by atoms with Crippen LogP contribution in [0, 0.1) is 0 Å². The Morgan fingerprint density at radius 3 is 2.13 bits per heavy atom. The van der Waals surface area contributed by atoms with Crippen molar-refractivity contribution in [2.24, 2.45) is 4.99 Å². The van der Waals surface area contributed by atoms with Crippen LogP contribution in [0.3, 0.4) is 0 Å². The zero-order chi connectivity index (χ0) is 12.3. The van der Waals surface area contributed by atoms with Gasteiger partial charge in [0.1, 0.15) is 5.82 Å². The lowest BCUT2D eigenvalue weighted by Crippen LogP contribution is -2.17. The first-order valence-corrected chi connectivity index (χ1v) is 5.76. The number of allylic oxidation sites excluding steroid dienone is 2. The summed E-state index contributed by atoms with van der Waals surface area (Å²) in [6, 6.07) is 0. The summed E-state index contributed by atoms with van der Waals surface area (Å²) in [5.41, 5.74) is 1.20. The molecule has 0 spiro atoms. The summed E-state index contributed by atoms with van der Waals surface area (Å²) in [7, 11) is 2.04. The molecule has 0 amide bonds. The molecule has 88 valence electrons. The van der Waals surface area contributed by atoms with E-state index in [2.05, 4.69) is 30.3 Å². The van der Waals surface area contributed by atoms with E-state index in [0.717, 1.165) is 18.8 Å². The third kappa shape index (κ3) is 6.10. The average molecular weight is 210 g/mol. The molecule has 0 radical (unpaired) electrons. The summed E-state index contributed by atoms with van der Waals surface area (Å²) in [5.74, 6) is 1.03. The molecule has 0 aromatic carbocycles. The van der Waals surface area contributed by atoms with E-state index in [0.29, 0.717) is 0 Å². The first-order valence-electron chi connectivity index (χ1n) is 5.76. The molecule has 15 heavy (non-hydrogen) atoms. The Balaban J connectivity index is 0. The summed E-state index contributed by atoms with van der Waals surface area (Å²) in [5, 5.41) is 0. The van der Waals surface area contributed by atoms with Crippen LogP contribution in [0.25, 0.3) is 0 Å². The van der Waals surface area contributed by atoms with Gasteiger partial charge < -0.3 is 4.90 Å². The molecule has 0 atom stereocenters. The monoisotopic (exact) mass is 210 g/mol. The number of hydrogen-bond donors (Lipinski definition) is 0. The fraction of sp³-hybridized carbons (Fsp3) is 0.615. The number of nitrogens with zero attached hydrogens (tertiary/aromatic N) is 2. The lowest BCUT2D eigenvalue weighted by atomic mass is 10.2. The first kappa shape index (κ1) is 16.4. The van der Waals surface area contributed by atoms with Crippen molar-refractivity contribution in [1.82, 2.24) is 4.90 Å². The van der Waals surface area contributed by atoms with Crippen LogP contribution in [0.15, 0.2) is 29.0 Å². The number of rotatable bonds is 5. The Kier molecular flexibility index (Phi) is 12.0. The second kappa shape index (κ2) is 11.0. The minimum atomic E-state index is 0.962. The molecule has 0 aliphatic carbocycles. The van der Waals surface area contributed by atoms with E-state index in [9.17, 15) is 0 Å². The smallest absolute Gasteiger partial charge is 0.130 e. The maximum atomic E-state index is 4.35. The highest BCUT2D eigenvalue weighted by molar-refractivity contribution is 5.55. The fourth-order valence-electron chi connectivity index (χ4n) is 1.09. The maximum absolute atomic E-state index is 4.35. The van der Waals surface area contributed by atoms with E-state index in [1.807, 2.05) is 40.1 Å². The van der Waals surface area contributed by atoms with Crippen molar-refractivity contribution in [1.29, 1.82) is 0 Å². The SMILES string of the molecule is C=C/C(CC)=C(\N=C/C)N(C)CC.CC. The van der Waals surface area contributed by atoms with E-state index in [1.165, 1.54) is 5.57 Å². The van der Waals surface area contributed by atoms with Gasteiger partial charge in [-0.3, -0.25) is 0 Å². The van der Waals surface area contributed by atoms with Gasteiger partial charge >= 0.3 is 0 Å². The molecule has 0 fully saturated rings. The van der Waals surface area contributed by atoms with E-state index in [1.54, 1.807) is 0 Å². The number of hydrogen-bond acceptors (Lipinski definition) is 2. The zero-order valence-corrected chi connectivity index (χ0v) is 11.2. The fourth-order valence-corrected chi connectivity index (χ4v) is 1.09. The quantitative estimate of drug-likeness (QED) is 0.497. The minimum Gasteiger partial charge on any atom is -0.360 e. The molecular weight excluding hydrogens is 184 g/mol. The minimum absolute atomic E-state index is 0.962. The maximum Gasteiger partial charge on any atom is 0.130 e. The molecule has 0 aliphatic rings.